The zero-order valence-electron chi connectivity index (χ0n) is 63.6. The SMILES string of the molecule is CN(c1ccc(-c2ccccc2)cc1)c1ccc(N(c2ccccc2)c2ccc(-c3ccccc3)cc2)cc1.CN(c1ccc(N(c2ccccc2)c2ccc(-c3ccccc3)cc2)cc1)c1ccc2ccccc2c1.CN(c1ccc(N(c2ccccc2)c2ccc(-c3ccccc3)cc2)cc1)c1cccc2ccccc12. The molecule has 18 rings (SSSR count). The molecule has 113 heavy (non-hydrogen) atoms. The van der Waals surface area contributed by atoms with Gasteiger partial charge >= 0.3 is 0 Å². The number of benzene rings is 18. The Bertz CT molecular complexity index is 6010. The summed E-state index contributed by atoms with van der Waals surface area (Å²) < 4.78 is 0. The Kier molecular flexibility index (Phi) is 22.2. The predicted molar refractivity (Wildman–Crippen MR) is 484 cm³/mol. The average Bonchev–Trinajstić information content (AvgIpc) is 0.800. The smallest absolute Gasteiger partial charge is 0.0487 e. The first kappa shape index (κ1) is 72.5. The molecular weight excluding hydrogens is 1370 g/mol. The van der Waals surface area contributed by atoms with Crippen molar-refractivity contribution in [3.8, 4) is 44.5 Å². The molecule has 0 aromatic heterocycles. The van der Waals surface area contributed by atoms with E-state index in [1.165, 1.54) is 77.4 Å². The fourth-order valence-electron chi connectivity index (χ4n) is 14.7. The molecule has 0 amide bonds. The van der Waals surface area contributed by atoms with Crippen LogP contribution in [0.15, 0.2) is 467 Å². The summed E-state index contributed by atoms with van der Waals surface area (Å²) in [5, 5.41) is 5.00. The van der Waals surface area contributed by atoms with E-state index in [0.29, 0.717) is 0 Å². The molecule has 0 unspecified atom stereocenters. The first-order valence-electron chi connectivity index (χ1n) is 38.5. The van der Waals surface area contributed by atoms with Gasteiger partial charge in [0.25, 0.3) is 0 Å². The Balaban J connectivity index is 0.000000128. The molecule has 0 aliphatic rings. The van der Waals surface area contributed by atoms with Crippen molar-refractivity contribution >= 4 is 107 Å². The summed E-state index contributed by atoms with van der Waals surface area (Å²) in [4.78, 5) is 13.6. The van der Waals surface area contributed by atoms with E-state index in [-0.39, 0.29) is 0 Å². The second-order valence-electron chi connectivity index (χ2n) is 27.9. The van der Waals surface area contributed by atoms with Gasteiger partial charge in [-0.05, 0) is 237 Å². The van der Waals surface area contributed by atoms with E-state index < -0.39 is 0 Å². The van der Waals surface area contributed by atoms with Crippen molar-refractivity contribution in [2.75, 3.05) is 50.5 Å². The molecular formula is C107H86N6. The molecule has 18 aromatic rings. The van der Waals surface area contributed by atoms with Gasteiger partial charge < -0.3 is 29.4 Å². The van der Waals surface area contributed by atoms with Crippen molar-refractivity contribution in [2.45, 2.75) is 0 Å². The van der Waals surface area contributed by atoms with Gasteiger partial charge in [0.2, 0.25) is 0 Å². The van der Waals surface area contributed by atoms with Gasteiger partial charge in [-0.3, -0.25) is 0 Å². The Morgan fingerprint density at radius 3 is 0.681 bits per heavy atom. The quantitative estimate of drug-likeness (QED) is 0.0798. The number of nitrogens with zero attached hydrogens (tertiary/aromatic N) is 6. The lowest BCUT2D eigenvalue weighted by atomic mass is 10.0. The zero-order valence-corrected chi connectivity index (χ0v) is 63.6. The van der Waals surface area contributed by atoms with Crippen LogP contribution in [-0.2, 0) is 0 Å². The van der Waals surface area contributed by atoms with E-state index in [9.17, 15) is 0 Å². The maximum absolute atomic E-state index is 2.30. The van der Waals surface area contributed by atoms with Gasteiger partial charge in [0.05, 0.1) is 0 Å². The minimum absolute atomic E-state index is 1.12. The molecule has 0 saturated carbocycles. The van der Waals surface area contributed by atoms with Gasteiger partial charge in [0.1, 0.15) is 0 Å². The van der Waals surface area contributed by atoms with Crippen LogP contribution in [0.25, 0.3) is 66.1 Å². The van der Waals surface area contributed by atoms with Crippen LogP contribution in [0.1, 0.15) is 0 Å². The second kappa shape index (κ2) is 34.7. The maximum Gasteiger partial charge on any atom is 0.0487 e. The number of fused-ring (bicyclic) bond motifs is 2. The summed E-state index contributed by atoms with van der Waals surface area (Å²) in [6, 6.07) is 165. The van der Waals surface area contributed by atoms with E-state index in [0.717, 1.165) is 73.9 Å². The number of hydrogen-bond donors (Lipinski definition) is 0. The monoisotopic (exact) mass is 1450 g/mol. The summed E-state index contributed by atoms with van der Waals surface area (Å²) in [7, 11) is 6.37. The van der Waals surface area contributed by atoms with Gasteiger partial charge in [0.15, 0.2) is 0 Å². The third-order valence-electron chi connectivity index (χ3n) is 20.8. The maximum atomic E-state index is 2.30. The molecule has 18 aromatic carbocycles. The van der Waals surface area contributed by atoms with E-state index in [2.05, 4.69) is 512 Å². The van der Waals surface area contributed by atoms with Crippen LogP contribution in [0.2, 0.25) is 0 Å². The standard InChI is InChI=1S/C37H30N2.2C35H28N2/c1-38(33-21-17-31(18-22-33)29-11-5-2-6-12-29)34-25-27-37(28-26-34)39(35-15-9-4-10-16-35)36-23-19-32(20-24-36)30-13-7-3-8-14-30;1-36(35-18-10-14-29-13-8-9-17-34(29)35)30-23-25-33(26-24-30)37(31-15-6-3-7-16-31)32-21-19-28(20-22-32)27-11-4-2-5-12-27;1-36(35-21-18-28-12-8-9-13-30(28)26-35)31-22-24-34(25-23-31)37(32-14-6-3-7-15-32)33-19-16-29(17-20-33)27-10-4-2-5-11-27/h2-28H,1H3;2*2-26H,1H3. The second-order valence-corrected chi connectivity index (χ2v) is 27.9. The average molecular weight is 1460 g/mol. The van der Waals surface area contributed by atoms with E-state index in [4.69, 9.17) is 0 Å². The molecule has 0 saturated heterocycles. The Morgan fingerprint density at radius 2 is 0.345 bits per heavy atom. The highest BCUT2D eigenvalue weighted by molar-refractivity contribution is 5.96. The summed E-state index contributed by atoms with van der Waals surface area (Å²) in [6.07, 6.45) is 0. The van der Waals surface area contributed by atoms with Crippen LogP contribution in [0, 0.1) is 0 Å². The zero-order chi connectivity index (χ0) is 76.5. The lowest BCUT2D eigenvalue weighted by Crippen LogP contribution is -2.12. The van der Waals surface area contributed by atoms with Crippen molar-refractivity contribution in [1.82, 2.24) is 0 Å². The molecule has 6 heteroatoms. The minimum atomic E-state index is 1.12. The first-order chi connectivity index (χ1) is 55.8. The molecule has 544 valence electrons. The third-order valence-corrected chi connectivity index (χ3v) is 20.8. The molecule has 0 atom stereocenters. The lowest BCUT2D eigenvalue weighted by molar-refractivity contribution is 1.20. The molecule has 0 radical (unpaired) electrons. The highest BCUT2D eigenvalue weighted by Crippen LogP contribution is 2.42. The van der Waals surface area contributed by atoms with Crippen molar-refractivity contribution in [3.05, 3.63) is 467 Å². The molecule has 0 aliphatic heterocycles. The first-order valence-corrected chi connectivity index (χ1v) is 38.5. The topological polar surface area (TPSA) is 19.4 Å². The van der Waals surface area contributed by atoms with Crippen molar-refractivity contribution in [2.24, 2.45) is 0 Å². The van der Waals surface area contributed by atoms with Crippen LogP contribution in [0.3, 0.4) is 0 Å². The molecule has 6 nitrogen and oxygen atoms in total. The van der Waals surface area contributed by atoms with Crippen LogP contribution in [-0.4, -0.2) is 21.1 Å². The fraction of sp³-hybridized carbons (Fsp3) is 0.0280. The summed E-state index contributed by atoms with van der Waals surface area (Å²) in [5.41, 5.74) is 26.8. The highest BCUT2D eigenvalue weighted by Gasteiger charge is 2.19. The van der Waals surface area contributed by atoms with Crippen LogP contribution < -0.4 is 29.4 Å². The minimum Gasteiger partial charge on any atom is -0.345 e. The normalized spacial score (nSPS) is 10.8. The molecule has 0 heterocycles. The van der Waals surface area contributed by atoms with Crippen LogP contribution >= 0.6 is 0 Å². The molecule has 0 aliphatic carbocycles. The van der Waals surface area contributed by atoms with E-state index in [1.807, 2.05) is 6.07 Å². The number of rotatable bonds is 19. The Hall–Kier alpha value is -14.7. The molecule has 0 fully saturated rings. The Morgan fingerprint density at radius 1 is 0.133 bits per heavy atom. The van der Waals surface area contributed by atoms with Crippen LogP contribution in [0.5, 0.6) is 0 Å². The summed E-state index contributed by atoms with van der Waals surface area (Å²) in [6.45, 7) is 0. The summed E-state index contributed by atoms with van der Waals surface area (Å²) >= 11 is 0. The lowest BCUT2D eigenvalue weighted by Gasteiger charge is -2.27. The molecule has 0 spiro atoms. The largest absolute Gasteiger partial charge is 0.345 e. The van der Waals surface area contributed by atoms with Crippen molar-refractivity contribution in [1.29, 1.82) is 0 Å². The Labute approximate surface area is 664 Å². The predicted octanol–water partition coefficient (Wildman–Crippen LogP) is 29.7. The number of hydrogen-bond acceptors (Lipinski definition) is 6. The van der Waals surface area contributed by atoms with Gasteiger partial charge in [-0.25, -0.2) is 0 Å². The van der Waals surface area contributed by atoms with Gasteiger partial charge in [-0.2, -0.15) is 0 Å². The van der Waals surface area contributed by atoms with Crippen LogP contribution in [0.4, 0.5) is 85.3 Å². The highest BCUT2D eigenvalue weighted by atomic mass is 15.2. The third kappa shape index (κ3) is 16.9. The molecule has 0 bridgehead atoms. The van der Waals surface area contributed by atoms with Gasteiger partial charge in [-0.1, -0.05) is 291 Å². The number of para-hydroxylation sites is 3. The summed E-state index contributed by atoms with van der Waals surface area (Å²) in [5.74, 6) is 0. The van der Waals surface area contributed by atoms with Gasteiger partial charge in [0, 0.05) is 112 Å². The molecule has 0 N–H and O–H groups in total. The van der Waals surface area contributed by atoms with E-state index in [1.54, 1.807) is 0 Å². The van der Waals surface area contributed by atoms with Crippen molar-refractivity contribution < 1.29 is 0 Å². The fourth-order valence-corrected chi connectivity index (χ4v) is 14.7. The van der Waals surface area contributed by atoms with Gasteiger partial charge in [-0.15, -0.1) is 0 Å². The number of anilines is 15. The van der Waals surface area contributed by atoms with Crippen molar-refractivity contribution in [3.63, 3.8) is 0 Å². The van der Waals surface area contributed by atoms with E-state index >= 15 is 0 Å².